The number of fused-ring (bicyclic) bond motifs is 1. The fourth-order valence-electron chi connectivity index (χ4n) is 4.96. The van der Waals surface area contributed by atoms with Gasteiger partial charge in [-0.2, -0.15) is 0 Å². The van der Waals surface area contributed by atoms with E-state index in [1.165, 1.54) is 11.1 Å². The molecule has 0 aliphatic carbocycles. The molecule has 6 nitrogen and oxygen atoms in total. The molecule has 5 rings (SSSR count). The first-order valence-corrected chi connectivity index (χ1v) is 10.3. The number of hydrogen-bond acceptors (Lipinski definition) is 5. The average molecular weight is 390 g/mol. The van der Waals surface area contributed by atoms with Gasteiger partial charge in [-0.3, -0.25) is 9.78 Å². The van der Waals surface area contributed by atoms with Crippen molar-refractivity contribution >= 4 is 22.5 Å². The smallest absolute Gasteiger partial charge is 0.223 e. The molecule has 150 valence electrons. The molecule has 0 bridgehead atoms. The molecular formula is C23H26N4O2. The van der Waals surface area contributed by atoms with Crippen LogP contribution in [0.3, 0.4) is 0 Å². The maximum atomic E-state index is 12.8. The zero-order chi connectivity index (χ0) is 20.0. The van der Waals surface area contributed by atoms with Crippen molar-refractivity contribution in [2.75, 3.05) is 24.5 Å². The number of rotatable bonds is 3. The molecule has 6 heteroatoms. The van der Waals surface area contributed by atoms with E-state index in [2.05, 4.69) is 39.3 Å². The van der Waals surface area contributed by atoms with Crippen molar-refractivity contribution in [2.24, 2.45) is 5.41 Å². The molecule has 2 aromatic heterocycles. The number of nitrogens with zero attached hydrogens (tertiary/aromatic N) is 4. The van der Waals surface area contributed by atoms with Crippen molar-refractivity contribution in [3.63, 3.8) is 0 Å². The number of aryl methyl sites for hydroxylation is 2. The summed E-state index contributed by atoms with van der Waals surface area (Å²) in [4.78, 5) is 21.7. The van der Waals surface area contributed by atoms with E-state index in [0.29, 0.717) is 13.0 Å². The van der Waals surface area contributed by atoms with Gasteiger partial charge in [-0.25, -0.2) is 0 Å². The number of hydrogen-bond donors (Lipinski definition) is 0. The van der Waals surface area contributed by atoms with Gasteiger partial charge in [0.05, 0.1) is 17.8 Å². The Morgan fingerprint density at radius 2 is 1.93 bits per heavy atom. The summed E-state index contributed by atoms with van der Waals surface area (Å²) >= 11 is 0. The molecule has 0 saturated carbocycles. The van der Waals surface area contributed by atoms with E-state index in [1.54, 1.807) is 0 Å². The Labute approximate surface area is 170 Å². The van der Waals surface area contributed by atoms with E-state index >= 15 is 0 Å². The number of pyridine rings is 1. The lowest BCUT2D eigenvalue weighted by Crippen LogP contribution is -2.41. The highest BCUT2D eigenvalue weighted by molar-refractivity contribution is 5.91. The third kappa shape index (κ3) is 3.16. The second-order valence-electron chi connectivity index (χ2n) is 8.56. The topological polar surface area (TPSA) is 62.5 Å². The first-order valence-electron chi connectivity index (χ1n) is 10.3. The van der Waals surface area contributed by atoms with Gasteiger partial charge in [0.1, 0.15) is 5.76 Å². The number of likely N-dealkylation sites (tertiary alicyclic amines) is 1. The standard InChI is InChI=1S/C23H26N4O2/c1-16-19(17(2)29-25-16)14-27-15-23(13-22(27)28)8-11-26(12-9-23)21-7-10-24-20-6-4-3-5-18(20)21/h3-7,10H,8-9,11-15H2,1-2H3. The summed E-state index contributed by atoms with van der Waals surface area (Å²) in [6, 6.07) is 10.4. The second kappa shape index (κ2) is 6.87. The van der Waals surface area contributed by atoms with Crippen LogP contribution in [0.5, 0.6) is 0 Å². The van der Waals surface area contributed by atoms with Crippen molar-refractivity contribution < 1.29 is 9.32 Å². The van der Waals surface area contributed by atoms with Gasteiger partial charge in [-0.1, -0.05) is 23.4 Å². The van der Waals surface area contributed by atoms with Crippen LogP contribution >= 0.6 is 0 Å². The van der Waals surface area contributed by atoms with Gasteiger partial charge >= 0.3 is 0 Å². The molecule has 29 heavy (non-hydrogen) atoms. The molecule has 1 aromatic carbocycles. The highest BCUT2D eigenvalue weighted by Gasteiger charge is 2.45. The molecule has 0 atom stereocenters. The van der Waals surface area contributed by atoms with Crippen LogP contribution in [0.2, 0.25) is 0 Å². The number of carbonyl (C=O) groups is 1. The molecule has 4 heterocycles. The predicted octanol–water partition coefficient (Wildman–Crippen LogP) is 3.86. The lowest BCUT2D eigenvalue weighted by atomic mass is 9.77. The van der Waals surface area contributed by atoms with Crippen molar-refractivity contribution in [2.45, 2.75) is 39.7 Å². The van der Waals surface area contributed by atoms with Gasteiger partial charge in [0.25, 0.3) is 0 Å². The van der Waals surface area contributed by atoms with Gasteiger partial charge in [-0.05, 0) is 38.8 Å². The van der Waals surface area contributed by atoms with Crippen LogP contribution in [0.4, 0.5) is 5.69 Å². The Balaban J connectivity index is 1.30. The number of amides is 1. The highest BCUT2D eigenvalue weighted by Crippen LogP contribution is 2.43. The molecule has 2 aliphatic heterocycles. The maximum Gasteiger partial charge on any atom is 0.223 e. The van der Waals surface area contributed by atoms with Crippen molar-refractivity contribution in [3.8, 4) is 0 Å². The predicted molar refractivity (Wildman–Crippen MR) is 112 cm³/mol. The summed E-state index contributed by atoms with van der Waals surface area (Å²) in [5.41, 5.74) is 4.32. The van der Waals surface area contributed by atoms with Crippen molar-refractivity contribution in [1.82, 2.24) is 15.0 Å². The quantitative estimate of drug-likeness (QED) is 0.680. The minimum Gasteiger partial charge on any atom is -0.371 e. The average Bonchev–Trinajstić information content (AvgIpc) is 3.21. The molecule has 0 N–H and O–H groups in total. The first-order chi connectivity index (χ1) is 14.0. The Hall–Kier alpha value is -2.89. The van der Waals surface area contributed by atoms with E-state index in [1.807, 2.05) is 31.0 Å². The summed E-state index contributed by atoms with van der Waals surface area (Å²) in [5, 5.41) is 5.23. The van der Waals surface area contributed by atoms with E-state index in [0.717, 1.165) is 55.0 Å². The first kappa shape index (κ1) is 18.2. The third-order valence-electron chi connectivity index (χ3n) is 6.73. The molecule has 2 fully saturated rings. The van der Waals surface area contributed by atoms with E-state index < -0.39 is 0 Å². The van der Waals surface area contributed by atoms with E-state index in [4.69, 9.17) is 4.52 Å². The second-order valence-corrected chi connectivity index (χ2v) is 8.56. The molecule has 0 unspecified atom stereocenters. The lowest BCUT2D eigenvalue weighted by Gasteiger charge is -2.40. The van der Waals surface area contributed by atoms with Crippen LogP contribution in [-0.4, -0.2) is 40.6 Å². The minimum atomic E-state index is 0.0926. The van der Waals surface area contributed by atoms with Gasteiger partial charge in [0.15, 0.2) is 0 Å². The Kier molecular flexibility index (Phi) is 4.30. The molecule has 3 aromatic rings. The largest absolute Gasteiger partial charge is 0.371 e. The van der Waals surface area contributed by atoms with Gasteiger partial charge in [0, 0.05) is 54.3 Å². The van der Waals surface area contributed by atoms with E-state index in [-0.39, 0.29) is 11.3 Å². The van der Waals surface area contributed by atoms with E-state index in [9.17, 15) is 4.79 Å². The lowest BCUT2D eigenvalue weighted by molar-refractivity contribution is -0.128. The van der Waals surface area contributed by atoms with Crippen LogP contribution in [0.25, 0.3) is 10.9 Å². The van der Waals surface area contributed by atoms with Crippen LogP contribution in [0.1, 0.15) is 36.3 Å². The summed E-state index contributed by atoms with van der Waals surface area (Å²) < 4.78 is 5.28. The normalized spacial score (nSPS) is 18.9. The van der Waals surface area contributed by atoms with Crippen LogP contribution in [0, 0.1) is 19.3 Å². The number of carbonyl (C=O) groups excluding carboxylic acids is 1. The van der Waals surface area contributed by atoms with Crippen LogP contribution in [-0.2, 0) is 11.3 Å². The minimum absolute atomic E-state index is 0.0926. The molecule has 1 amide bonds. The summed E-state index contributed by atoms with van der Waals surface area (Å²) in [5.74, 6) is 1.07. The zero-order valence-electron chi connectivity index (χ0n) is 17.0. The Morgan fingerprint density at radius 1 is 1.14 bits per heavy atom. The third-order valence-corrected chi connectivity index (χ3v) is 6.73. The maximum absolute atomic E-state index is 12.8. The highest BCUT2D eigenvalue weighted by atomic mass is 16.5. The fourth-order valence-corrected chi connectivity index (χ4v) is 4.96. The number of anilines is 1. The van der Waals surface area contributed by atoms with Crippen molar-refractivity contribution in [1.29, 1.82) is 0 Å². The Bertz CT molecular complexity index is 1040. The number of aromatic nitrogens is 2. The summed E-state index contributed by atoms with van der Waals surface area (Å²) in [7, 11) is 0. The fraction of sp³-hybridized carbons (Fsp3) is 0.435. The number of benzene rings is 1. The van der Waals surface area contributed by atoms with Gasteiger partial charge < -0.3 is 14.3 Å². The molecule has 2 aliphatic rings. The molecule has 1 spiro atoms. The number of para-hydroxylation sites is 1. The SMILES string of the molecule is Cc1noc(C)c1CN1CC2(CCN(c3ccnc4ccccc34)CC2)CC1=O. The Morgan fingerprint density at radius 3 is 2.69 bits per heavy atom. The van der Waals surface area contributed by atoms with Crippen LogP contribution in [0.15, 0.2) is 41.1 Å². The zero-order valence-corrected chi connectivity index (χ0v) is 17.0. The monoisotopic (exact) mass is 390 g/mol. The van der Waals surface area contributed by atoms with Gasteiger partial charge in [-0.15, -0.1) is 0 Å². The number of piperidine rings is 1. The molecule has 2 saturated heterocycles. The molecular weight excluding hydrogens is 364 g/mol. The van der Waals surface area contributed by atoms with Crippen LogP contribution < -0.4 is 4.90 Å². The van der Waals surface area contributed by atoms with Gasteiger partial charge in [0.2, 0.25) is 5.91 Å². The molecule has 0 radical (unpaired) electrons. The summed E-state index contributed by atoms with van der Waals surface area (Å²) in [6.07, 6.45) is 4.62. The van der Waals surface area contributed by atoms with Crippen molar-refractivity contribution in [3.05, 3.63) is 53.5 Å². The summed E-state index contributed by atoms with van der Waals surface area (Å²) in [6.45, 7) is 7.25.